The zero-order chi connectivity index (χ0) is 10.3. The first-order valence-electron chi connectivity index (χ1n) is 6.18. The molecule has 1 aromatic rings. The van der Waals surface area contributed by atoms with Crippen molar-refractivity contribution in [1.29, 1.82) is 0 Å². The molecule has 2 bridgehead atoms. The molecule has 0 saturated heterocycles. The normalized spacial score (nSPS) is 28.3. The van der Waals surface area contributed by atoms with Crippen LogP contribution in [-0.2, 0) is 6.42 Å². The molecule has 2 atom stereocenters. The summed E-state index contributed by atoms with van der Waals surface area (Å²) in [5.74, 6) is 1.82. The van der Waals surface area contributed by atoms with E-state index < -0.39 is 0 Å². The average Bonchev–Trinajstić information content (AvgIpc) is 2.28. The monoisotopic (exact) mass is 201 g/mol. The number of benzene rings is 1. The molecule has 80 valence electrons. The second-order valence-corrected chi connectivity index (χ2v) is 5.06. The summed E-state index contributed by atoms with van der Waals surface area (Å²) in [4.78, 5) is 0. The van der Waals surface area contributed by atoms with Gasteiger partial charge in [-0.25, -0.2) is 0 Å². The third-order valence-corrected chi connectivity index (χ3v) is 4.17. The average molecular weight is 201 g/mol. The molecule has 0 amide bonds. The number of nitrogens with one attached hydrogen (secondary N) is 1. The Bertz CT molecular complexity index is 370. The minimum absolute atomic E-state index is 0.844. The topological polar surface area (TPSA) is 12.0 Å². The van der Waals surface area contributed by atoms with E-state index in [2.05, 4.69) is 23.5 Å². The quantitative estimate of drug-likeness (QED) is 0.732. The Morgan fingerprint density at radius 1 is 1.27 bits per heavy atom. The lowest BCUT2D eigenvalue weighted by molar-refractivity contribution is 0.299. The van der Waals surface area contributed by atoms with Crippen LogP contribution in [0.3, 0.4) is 0 Å². The lowest BCUT2D eigenvalue weighted by Crippen LogP contribution is -2.24. The van der Waals surface area contributed by atoms with Gasteiger partial charge in [0.1, 0.15) is 0 Å². The van der Waals surface area contributed by atoms with Crippen LogP contribution in [0.5, 0.6) is 0 Å². The smallest absolute Gasteiger partial charge is 0.0375 e. The Kier molecular flexibility index (Phi) is 2.19. The van der Waals surface area contributed by atoms with E-state index in [0.717, 1.165) is 11.8 Å². The third-order valence-electron chi connectivity index (χ3n) is 4.17. The Morgan fingerprint density at radius 2 is 2.20 bits per heavy atom. The van der Waals surface area contributed by atoms with Crippen LogP contribution < -0.4 is 5.32 Å². The van der Waals surface area contributed by atoms with Crippen LogP contribution >= 0.6 is 0 Å². The zero-order valence-corrected chi connectivity index (χ0v) is 9.42. The molecule has 1 aromatic carbocycles. The van der Waals surface area contributed by atoms with Crippen molar-refractivity contribution in [2.24, 2.45) is 5.92 Å². The van der Waals surface area contributed by atoms with Crippen molar-refractivity contribution < 1.29 is 0 Å². The summed E-state index contributed by atoms with van der Waals surface area (Å²) in [6.45, 7) is 0. The summed E-state index contributed by atoms with van der Waals surface area (Å²) in [6, 6.07) is 6.76. The van der Waals surface area contributed by atoms with Crippen LogP contribution in [0.15, 0.2) is 18.2 Å². The summed E-state index contributed by atoms with van der Waals surface area (Å²) < 4.78 is 0. The Labute approximate surface area is 91.9 Å². The van der Waals surface area contributed by atoms with Gasteiger partial charge in [0, 0.05) is 12.7 Å². The van der Waals surface area contributed by atoms with E-state index >= 15 is 0 Å². The van der Waals surface area contributed by atoms with Crippen LogP contribution in [0.4, 0.5) is 5.69 Å². The van der Waals surface area contributed by atoms with Gasteiger partial charge in [0.15, 0.2) is 0 Å². The largest absolute Gasteiger partial charge is 0.388 e. The van der Waals surface area contributed by atoms with Crippen molar-refractivity contribution in [3.63, 3.8) is 0 Å². The van der Waals surface area contributed by atoms with Gasteiger partial charge >= 0.3 is 0 Å². The van der Waals surface area contributed by atoms with Gasteiger partial charge in [-0.3, -0.25) is 0 Å². The molecule has 1 heteroatoms. The van der Waals surface area contributed by atoms with Crippen molar-refractivity contribution in [3.05, 3.63) is 29.3 Å². The highest BCUT2D eigenvalue weighted by Crippen LogP contribution is 2.46. The lowest BCUT2D eigenvalue weighted by Gasteiger charge is -2.37. The summed E-state index contributed by atoms with van der Waals surface area (Å²) in [6.07, 6.45) is 7.06. The Morgan fingerprint density at radius 3 is 3.07 bits per heavy atom. The van der Waals surface area contributed by atoms with Gasteiger partial charge in [-0.1, -0.05) is 25.0 Å². The van der Waals surface area contributed by atoms with E-state index in [-0.39, 0.29) is 0 Å². The summed E-state index contributed by atoms with van der Waals surface area (Å²) in [7, 11) is 2.05. The fraction of sp³-hybridized carbons (Fsp3) is 0.571. The molecule has 1 N–H and O–H groups in total. The lowest BCUT2D eigenvalue weighted by atomic mass is 9.69. The maximum Gasteiger partial charge on any atom is 0.0375 e. The fourth-order valence-electron chi connectivity index (χ4n) is 3.54. The molecule has 0 heterocycles. The van der Waals surface area contributed by atoms with Crippen molar-refractivity contribution in [2.45, 2.75) is 38.0 Å². The molecule has 1 nitrogen and oxygen atoms in total. The first kappa shape index (κ1) is 9.26. The minimum atomic E-state index is 0.844. The molecule has 3 rings (SSSR count). The SMILES string of the molecule is CNc1cccc2c1C1CCCC(C2)C1. The molecule has 1 fully saturated rings. The second-order valence-electron chi connectivity index (χ2n) is 5.06. The van der Waals surface area contributed by atoms with Crippen LogP contribution in [0.25, 0.3) is 0 Å². The first-order valence-corrected chi connectivity index (χ1v) is 6.18. The maximum atomic E-state index is 3.36. The van der Waals surface area contributed by atoms with Gasteiger partial charge in [0.25, 0.3) is 0 Å². The molecule has 15 heavy (non-hydrogen) atoms. The van der Waals surface area contributed by atoms with Gasteiger partial charge in [-0.2, -0.15) is 0 Å². The number of hydrogen-bond donors (Lipinski definition) is 1. The molecular formula is C14H19N. The molecule has 0 spiro atoms. The summed E-state index contributed by atoms with van der Waals surface area (Å²) >= 11 is 0. The first-order chi connectivity index (χ1) is 7.38. The number of rotatable bonds is 1. The van der Waals surface area contributed by atoms with Gasteiger partial charge in [0.05, 0.1) is 0 Å². The van der Waals surface area contributed by atoms with Crippen LogP contribution in [-0.4, -0.2) is 7.05 Å². The maximum absolute atomic E-state index is 3.36. The van der Waals surface area contributed by atoms with E-state index in [1.807, 2.05) is 7.05 Å². The van der Waals surface area contributed by atoms with E-state index in [4.69, 9.17) is 0 Å². The third kappa shape index (κ3) is 1.45. The Balaban J connectivity index is 2.09. The molecule has 2 aliphatic carbocycles. The molecule has 2 aliphatic rings. The molecular weight excluding hydrogens is 182 g/mol. The van der Waals surface area contributed by atoms with Crippen LogP contribution in [0.1, 0.15) is 42.7 Å². The van der Waals surface area contributed by atoms with E-state index in [9.17, 15) is 0 Å². The number of hydrogen-bond acceptors (Lipinski definition) is 1. The molecule has 0 aromatic heterocycles. The highest BCUT2D eigenvalue weighted by molar-refractivity contribution is 5.57. The van der Waals surface area contributed by atoms with Crippen molar-refractivity contribution in [3.8, 4) is 0 Å². The van der Waals surface area contributed by atoms with Gasteiger partial charge < -0.3 is 5.32 Å². The van der Waals surface area contributed by atoms with Gasteiger partial charge in [-0.05, 0) is 48.3 Å². The van der Waals surface area contributed by atoms with Crippen molar-refractivity contribution in [2.75, 3.05) is 12.4 Å². The van der Waals surface area contributed by atoms with Gasteiger partial charge in [0.2, 0.25) is 0 Å². The second kappa shape index (κ2) is 3.55. The molecule has 0 radical (unpaired) electrons. The number of fused-ring (bicyclic) bond motifs is 4. The number of anilines is 1. The summed E-state index contributed by atoms with van der Waals surface area (Å²) in [5.41, 5.74) is 4.62. The molecule has 0 aliphatic heterocycles. The predicted octanol–water partition coefficient (Wildman–Crippen LogP) is 3.56. The van der Waals surface area contributed by atoms with E-state index in [1.165, 1.54) is 37.8 Å². The van der Waals surface area contributed by atoms with E-state index in [1.54, 1.807) is 11.1 Å². The standard InChI is InChI=1S/C14H19N/c1-15-13-7-3-6-12-9-10-4-2-5-11(8-10)14(12)13/h3,6-7,10-11,15H,2,4-5,8-9H2,1H3. The van der Waals surface area contributed by atoms with Crippen LogP contribution in [0, 0.1) is 5.92 Å². The predicted molar refractivity (Wildman–Crippen MR) is 64.4 cm³/mol. The Hall–Kier alpha value is -0.980. The highest BCUT2D eigenvalue weighted by Gasteiger charge is 2.31. The zero-order valence-electron chi connectivity index (χ0n) is 9.42. The van der Waals surface area contributed by atoms with Crippen molar-refractivity contribution >= 4 is 5.69 Å². The molecule has 2 unspecified atom stereocenters. The molecule has 1 saturated carbocycles. The highest BCUT2D eigenvalue weighted by atomic mass is 14.8. The van der Waals surface area contributed by atoms with Gasteiger partial charge in [-0.15, -0.1) is 0 Å². The summed E-state index contributed by atoms with van der Waals surface area (Å²) in [5, 5.41) is 3.36. The van der Waals surface area contributed by atoms with Crippen LogP contribution in [0.2, 0.25) is 0 Å². The van der Waals surface area contributed by atoms with Crippen molar-refractivity contribution in [1.82, 2.24) is 0 Å². The fourth-order valence-corrected chi connectivity index (χ4v) is 3.54. The van der Waals surface area contributed by atoms with E-state index in [0.29, 0.717) is 0 Å². The minimum Gasteiger partial charge on any atom is -0.388 e.